The van der Waals surface area contributed by atoms with E-state index in [0.717, 1.165) is 17.6 Å². The summed E-state index contributed by atoms with van der Waals surface area (Å²) < 4.78 is 13.4. The van der Waals surface area contributed by atoms with Gasteiger partial charge in [0, 0.05) is 17.8 Å². The summed E-state index contributed by atoms with van der Waals surface area (Å²) >= 11 is 1.68. The third-order valence-corrected chi connectivity index (χ3v) is 6.34. The fourth-order valence-corrected chi connectivity index (χ4v) is 4.69. The number of nitrogens with two attached hydrogens (primary N) is 1. The maximum Gasteiger partial charge on any atom is 0.231 e. The lowest BCUT2D eigenvalue weighted by Crippen LogP contribution is -2.51. The molecule has 0 saturated heterocycles. The number of hydrogen-bond donors (Lipinski definition) is 1. The molecule has 0 radical (unpaired) electrons. The van der Waals surface area contributed by atoms with Gasteiger partial charge >= 0.3 is 0 Å². The van der Waals surface area contributed by atoms with Crippen molar-refractivity contribution in [3.8, 4) is 0 Å². The first-order valence-electron chi connectivity index (χ1n) is 8.54. The highest BCUT2D eigenvalue weighted by molar-refractivity contribution is 7.11. The number of carbonyl (C=O) groups is 1. The van der Waals surface area contributed by atoms with Crippen LogP contribution >= 0.6 is 11.3 Å². The molecule has 2 aromatic rings. The van der Waals surface area contributed by atoms with E-state index in [9.17, 15) is 9.18 Å². The molecule has 2 aliphatic rings. The van der Waals surface area contributed by atoms with E-state index in [2.05, 4.69) is 22.5 Å². The zero-order chi connectivity index (χ0) is 18.5. The summed E-state index contributed by atoms with van der Waals surface area (Å²) in [5, 5.41) is 2.07. The van der Waals surface area contributed by atoms with Crippen molar-refractivity contribution >= 4 is 28.8 Å². The molecule has 4 nitrogen and oxygen atoms in total. The van der Waals surface area contributed by atoms with Gasteiger partial charge in [0.2, 0.25) is 5.91 Å². The molecule has 4 rings (SSSR count). The van der Waals surface area contributed by atoms with Crippen LogP contribution in [-0.2, 0) is 11.2 Å². The van der Waals surface area contributed by atoms with Gasteiger partial charge in [-0.15, -0.1) is 11.3 Å². The molecule has 1 aliphatic carbocycles. The minimum atomic E-state index is -0.585. The van der Waals surface area contributed by atoms with Gasteiger partial charge in [0.25, 0.3) is 0 Å². The normalized spacial score (nSPS) is 25.6. The SMILES string of the molecule is CN1C(=O)C[C@@](C)(C2C=C(c3ccc(F)cc3)c3sccc3C2)N=C1N. The number of aliphatic imine (C=N–C) groups is 1. The lowest BCUT2D eigenvalue weighted by molar-refractivity contribution is -0.128. The number of fused-ring (bicyclic) bond motifs is 1. The Hall–Kier alpha value is -2.47. The van der Waals surface area contributed by atoms with Crippen molar-refractivity contribution in [1.82, 2.24) is 4.90 Å². The molecule has 0 fully saturated rings. The average Bonchev–Trinajstić information content (AvgIpc) is 3.08. The van der Waals surface area contributed by atoms with Crippen LogP contribution in [-0.4, -0.2) is 29.4 Å². The van der Waals surface area contributed by atoms with Crippen molar-refractivity contribution in [2.75, 3.05) is 7.05 Å². The second-order valence-corrected chi connectivity index (χ2v) is 8.05. The molecule has 1 aromatic heterocycles. The standard InChI is InChI=1S/C20H20FN3OS/c1-20(11-17(25)24(2)19(22)23-20)14-9-13-7-8-26-18(13)16(10-14)12-3-5-15(21)6-4-12/h3-8,10,14H,9,11H2,1-2H3,(H2,22,23)/t14?,20-/m0/s1. The Morgan fingerprint density at radius 3 is 2.73 bits per heavy atom. The van der Waals surface area contributed by atoms with E-state index in [1.807, 2.05) is 6.92 Å². The Balaban J connectivity index is 1.80. The van der Waals surface area contributed by atoms with Crippen LogP contribution in [0.25, 0.3) is 5.57 Å². The highest BCUT2D eigenvalue weighted by atomic mass is 32.1. The summed E-state index contributed by atoms with van der Waals surface area (Å²) in [6, 6.07) is 8.67. The van der Waals surface area contributed by atoms with E-state index in [-0.39, 0.29) is 23.6 Å². The average molecular weight is 369 g/mol. The van der Waals surface area contributed by atoms with Crippen molar-refractivity contribution < 1.29 is 9.18 Å². The second-order valence-electron chi connectivity index (χ2n) is 7.13. The number of rotatable bonds is 2. The fourth-order valence-electron chi connectivity index (χ4n) is 3.70. The van der Waals surface area contributed by atoms with Crippen molar-refractivity contribution in [3.05, 3.63) is 63.6 Å². The smallest absolute Gasteiger partial charge is 0.231 e. The predicted molar refractivity (Wildman–Crippen MR) is 102 cm³/mol. The number of halogens is 1. The predicted octanol–water partition coefficient (Wildman–Crippen LogP) is 3.43. The van der Waals surface area contributed by atoms with E-state index in [1.165, 1.54) is 27.5 Å². The van der Waals surface area contributed by atoms with Crippen molar-refractivity contribution in [2.45, 2.75) is 25.3 Å². The molecule has 1 aliphatic heterocycles. The number of thiophene rings is 1. The van der Waals surface area contributed by atoms with Gasteiger partial charge in [-0.3, -0.25) is 9.69 Å². The Labute approximate surface area is 155 Å². The third kappa shape index (κ3) is 2.74. The van der Waals surface area contributed by atoms with Crippen molar-refractivity contribution in [2.24, 2.45) is 16.6 Å². The topological polar surface area (TPSA) is 58.7 Å². The Kier molecular flexibility index (Phi) is 3.95. The number of amides is 1. The van der Waals surface area contributed by atoms with Crippen LogP contribution in [0.5, 0.6) is 0 Å². The summed E-state index contributed by atoms with van der Waals surface area (Å²) in [5.74, 6) is 0.0312. The molecule has 6 heteroatoms. The van der Waals surface area contributed by atoms with Gasteiger partial charge in [-0.25, -0.2) is 9.38 Å². The summed E-state index contributed by atoms with van der Waals surface area (Å²) in [6.45, 7) is 1.99. The van der Waals surface area contributed by atoms with E-state index < -0.39 is 5.54 Å². The monoisotopic (exact) mass is 369 g/mol. The number of benzene rings is 1. The van der Waals surface area contributed by atoms with E-state index in [0.29, 0.717) is 6.42 Å². The van der Waals surface area contributed by atoms with Gasteiger partial charge in [-0.1, -0.05) is 18.2 Å². The van der Waals surface area contributed by atoms with Crippen molar-refractivity contribution in [3.63, 3.8) is 0 Å². The first-order chi connectivity index (χ1) is 12.4. The summed E-state index contributed by atoms with van der Waals surface area (Å²) in [6.07, 6.45) is 3.32. The Bertz CT molecular complexity index is 931. The molecule has 0 bridgehead atoms. The van der Waals surface area contributed by atoms with Crippen LogP contribution in [0.15, 0.2) is 46.8 Å². The van der Waals surface area contributed by atoms with Crippen LogP contribution in [0.4, 0.5) is 4.39 Å². The molecule has 2 atom stereocenters. The number of guanidine groups is 1. The second kappa shape index (κ2) is 6.06. The van der Waals surface area contributed by atoms with E-state index in [4.69, 9.17) is 5.73 Å². The highest BCUT2D eigenvalue weighted by Gasteiger charge is 2.42. The molecule has 0 saturated carbocycles. The van der Waals surface area contributed by atoms with Gasteiger partial charge < -0.3 is 5.73 Å². The zero-order valence-corrected chi connectivity index (χ0v) is 15.5. The van der Waals surface area contributed by atoms with Gasteiger partial charge in [0.05, 0.1) is 12.0 Å². The fraction of sp³-hybridized carbons (Fsp3) is 0.300. The van der Waals surface area contributed by atoms with Crippen LogP contribution in [0.2, 0.25) is 0 Å². The largest absolute Gasteiger partial charge is 0.369 e. The lowest BCUT2D eigenvalue weighted by atomic mass is 9.74. The van der Waals surface area contributed by atoms with Crippen LogP contribution in [0.1, 0.15) is 29.3 Å². The molecule has 26 heavy (non-hydrogen) atoms. The minimum Gasteiger partial charge on any atom is -0.369 e. The Morgan fingerprint density at radius 1 is 1.31 bits per heavy atom. The van der Waals surface area contributed by atoms with Gasteiger partial charge in [-0.05, 0) is 53.6 Å². The Morgan fingerprint density at radius 2 is 2.04 bits per heavy atom. The quantitative estimate of drug-likeness (QED) is 0.882. The molecule has 2 heterocycles. The molecule has 0 spiro atoms. The van der Waals surface area contributed by atoms with Gasteiger partial charge in [0.1, 0.15) is 5.82 Å². The molecule has 1 unspecified atom stereocenters. The van der Waals surface area contributed by atoms with Crippen molar-refractivity contribution in [1.29, 1.82) is 0 Å². The zero-order valence-electron chi connectivity index (χ0n) is 14.7. The lowest BCUT2D eigenvalue weighted by Gasteiger charge is -2.39. The van der Waals surface area contributed by atoms with Gasteiger partial charge in [0.15, 0.2) is 5.96 Å². The maximum absolute atomic E-state index is 13.4. The third-order valence-electron chi connectivity index (χ3n) is 5.35. The van der Waals surface area contributed by atoms with Crippen LogP contribution < -0.4 is 5.73 Å². The van der Waals surface area contributed by atoms with Gasteiger partial charge in [-0.2, -0.15) is 0 Å². The number of nitrogens with zero attached hydrogens (tertiary/aromatic N) is 2. The number of hydrogen-bond acceptors (Lipinski definition) is 4. The van der Waals surface area contributed by atoms with Crippen LogP contribution in [0.3, 0.4) is 0 Å². The first kappa shape index (κ1) is 17.0. The summed E-state index contributed by atoms with van der Waals surface area (Å²) in [4.78, 5) is 19.6. The van der Waals surface area contributed by atoms with Crippen LogP contribution in [0, 0.1) is 11.7 Å². The summed E-state index contributed by atoms with van der Waals surface area (Å²) in [5.41, 5.74) is 8.69. The van der Waals surface area contributed by atoms with E-state index >= 15 is 0 Å². The molecule has 134 valence electrons. The minimum absolute atomic E-state index is 0.0205. The molecule has 1 aromatic carbocycles. The number of carbonyl (C=O) groups excluding carboxylic acids is 1. The molecular weight excluding hydrogens is 349 g/mol. The molecule has 2 N–H and O–H groups in total. The summed E-state index contributed by atoms with van der Waals surface area (Å²) in [7, 11) is 1.65. The molecule has 1 amide bonds. The maximum atomic E-state index is 13.4. The highest BCUT2D eigenvalue weighted by Crippen LogP contribution is 2.43. The van der Waals surface area contributed by atoms with E-state index in [1.54, 1.807) is 30.5 Å². The first-order valence-corrected chi connectivity index (χ1v) is 9.42. The molecular formula is C20H20FN3OS.